The van der Waals surface area contributed by atoms with Gasteiger partial charge in [-0.15, -0.1) is 0 Å². The standard InChI is InChI=1S/C28H36BrClN2O4/c1-3-4-5-6-7-8-9-10-11-16-25(33)32-24-15-13-12-14-21(24)28(35)36-19-26(34)31-23-18-17-22(29)27(30)20(23)2/h12-15,17-18H,3-11,16,19H2,1-2H3,(H,31,34)(H,32,33). The molecule has 2 rings (SSSR count). The number of nitrogens with one attached hydrogen (secondary N) is 2. The molecule has 0 unspecified atom stereocenters. The molecule has 0 bridgehead atoms. The maximum absolute atomic E-state index is 12.6. The Bertz CT molecular complexity index is 1030. The van der Waals surface area contributed by atoms with Crippen molar-refractivity contribution in [3.05, 3.63) is 57.0 Å². The van der Waals surface area contributed by atoms with Crippen molar-refractivity contribution in [3.8, 4) is 0 Å². The summed E-state index contributed by atoms with van der Waals surface area (Å²) in [5.74, 6) is -1.31. The first-order valence-corrected chi connectivity index (χ1v) is 13.8. The van der Waals surface area contributed by atoms with Crippen LogP contribution in [0.2, 0.25) is 5.02 Å². The van der Waals surface area contributed by atoms with Crippen molar-refractivity contribution in [2.75, 3.05) is 17.2 Å². The lowest BCUT2D eigenvalue weighted by atomic mass is 10.1. The van der Waals surface area contributed by atoms with Gasteiger partial charge in [-0.2, -0.15) is 0 Å². The lowest BCUT2D eigenvalue weighted by Gasteiger charge is -2.12. The molecule has 6 nitrogen and oxygen atoms in total. The maximum Gasteiger partial charge on any atom is 0.340 e. The Balaban J connectivity index is 1.77. The van der Waals surface area contributed by atoms with Crippen molar-refractivity contribution in [2.45, 2.75) is 78.1 Å². The third-order valence-electron chi connectivity index (χ3n) is 5.88. The normalized spacial score (nSPS) is 10.7. The molecule has 196 valence electrons. The Hall–Kier alpha value is -2.38. The number of carbonyl (C=O) groups is 3. The summed E-state index contributed by atoms with van der Waals surface area (Å²) >= 11 is 9.52. The van der Waals surface area contributed by atoms with Gasteiger partial charge in [-0.05, 0) is 59.1 Å². The van der Waals surface area contributed by atoms with Crippen LogP contribution >= 0.6 is 27.5 Å². The van der Waals surface area contributed by atoms with E-state index in [2.05, 4.69) is 33.5 Å². The fourth-order valence-electron chi connectivity index (χ4n) is 3.76. The van der Waals surface area contributed by atoms with Crippen LogP contribution in [0.15, 0.2) is 40.9 Å². The molecule has 0 radical (unpaired) electrons. The molecule has 0 heterocycles. The van der Waals surface area contributed by atoms with Crippen LogP contribution in [0.5, 0.6) is 0 Å². The summed E-state index contributed by atoms with van der Waals surface area (Å²) in [4.78, 5) is 37.3. The molecule has 0 fully saturated rings. The van der Waals surface area contributed by atoms with Crippen LogP contribution in [0.25, 0.3) is 0 Å². The van der Waals surface area contributed by atoms with Gasteiger partial charge in [0.25, 0.3) is 5.91 Å². The third kappa shape index (κ3) is 10.3. The van der Waals surface area contributed by atoms with E-state index < -0.39 is 18.5 Å². The number of amides is 2. The zero-order valence-electron chi connectivity index (χ0n) is 21.1. The second kappa shape index (κ2) is 16.4. The number of halogens is 2. The molecule has 36 heavy (non-hydrogen) atoms. The van der Waals surface area contributed by atoms with E-state index in [9.17, 15) is 14.4 Å². The Kier molecular flexibility index (Phi) is 13.6. The quantitative estimate of drug-likeness (QED) is 0.165. The molecule has 2 N–H and O–H groups in total. The monoisotopic (exact) mass is 578 g/mol. The minimum absolute atomic E-state index is 0.140. The number of carbonyl (C=O) groups excluding carboxylic acids is 3. The molecule has 0 aliphatic rings. The van der Waals surface area contributed by atoms with Crippen LogP contribution < -0.4 is 10.6 Å². The summed E-state index contributed by atoms with van der Waals surface area (Å²) in [6.07, 6.45) is 11.0. The molecule has 0 aromatic heterocycles. The summed E-state index contributed by atoms with van der Waals surface area (Å²) in [7, 11) is 0. The summed E-state index contributed by atoms with van der Waals surface area (Å²) in [5.41, 5.74) is 1.81. The first kappa shape index (κ1) is 29.8. The van der Waals surface area contributed by atoms with Gasteiger partial charge < -0.3 is 15.4 Å². The van der Waals surface area contributed by atoms with Gasteiger partial charge in [-0.3, -0.25) is 9.59 Å². The van der Waals surface area contributed by atoms with Crippen molar-refractivity contribution in [1.82, 2.24) is 0 Å². The SMILES string of the molecule is CCCCCCCCCCCC(=O)Nc1ccccc1C(=O)OCC(=O)Nc1ccc(Br)c(Cl)c1C. The van der Waals surface area contributed by atoms with Gasteiger partial charge in [-0.25, -0.2) is 4.79 Å². The molecular formula is C28H36BrClN2O4. The average Bonchev–Trinajstić information content (AvgIpc) is 2.87. The Morgan fingerprint density at radius 3 is 2.14 bits per heavy atom. The summed E-state index contributed by atoms with van der Waals surface area (Å²) in [5, 5.41) is 5.99. The molecule has 0 saturated heterocycles. The van der Waals surface area contributed by atoms with E-state index in [0.29, 0.717) is 28.4 Å². The fourth-order valence-corrected chi connectivity index (χ4v) is 4.36. The number of anilines is 2. The molecule has 8 heteroatoms. The van der Waals surface area contributed by atoms with Crippen molar-refractivity contribution in [1.29, 1.82) is 0 Å². The molecule has 2 aromatic rings. The van der Waals surface area contributed by atoms with E-state index in [0.717, 1.165) is 23.7 Å². The van der Waals surface area contributed by atoms with E-state index in [1.807, 2.05) is 0 Å². The number of hydrogen-bond donors (Lipinski definition) is 2. The first-order valence-electron chi connectivity index (χ1n) is 12.6. The van der Waals surface area contributed by atoms with Crippen LogP contribution in [0.1, 0.15) is 87.1 Å². The smallest absolute Gasteiger partial charge is 0.340 e. The molecule has 0 aliphatic carbocycles. The van der Waals surface area contributed by atoms with Gasteiger partial charge in [0, 0.05) is 16.6 Å². The van der Waals surface area contributed by atoms with E-state index in [1.165, 1.54) is 38.5 Å². The highest BCUT2D eigenvalue weighted by Crippen LogP contribution is 2.31. The van der Waals surface area contributed by atoms with Crippen molar-refractivity contribution < 1.29 is 19.1 Å². The predicted molar refractivity (Wildman–Crippen MR) is 150 cm³/mol. The minimum Gasteiger partial charge on any atom is -0.452 e. The number of ether oxygens (including phenoxy) is 1. The van der Waals surface area contributed by atoms with E-state index in [4.69, 9.17) is 16.3 Å². The van der Waals surface area contributed by atoms with Crippen LogP contribution in [-0.2, 0) is 14.3 Å². The molecule has 0 spiro atoms. The van der Waals surface area contributed by atoms with Crippen LogP contribution in [0, 0.1) is 6.92 Å². The van der Waals surface area contributed by atoms with Crippen LogP contribution in [-0.4, -0.2) is 24.4 Å². The molecular weight excluding hydrogens is 544 g/mol. The molecule has 0 atom stereocenters. The maximum atomic E-state index is 12.6. The number of unbranched alkanes of at least 4 members (excludes halogenated alkanes) is 8. The Morgan fingerprint density at radius 1 is 0.833 bits per heavy atom. The topological polar surface area (TPSA) is 84.5 Å². The summed E-state index contributed by atoms with van der Waals surface area (Å²) < 4.78 is 5.92. The third-order valence-corrected chi connectivity index (χ3v) is 7.25. The zero-order chi connectivity index (χ0) is 26.3. The zero-order valence-corrected chi connectivity index (χ0v) is 23.5. The number of para-hydroxylation sites is 1. The van der Waals surface area contributed by atoms with E-state index >= 15 is 0 Å². The second-order valence-corrected chi connectivity index (χ2v) is 10.1. The van der Waals surface area contributed by atoms with Gasteiger partial charge in [0.15, 0.2) is 6.61 Å². The van der Waals surface area contributed by atoms with Gasteiger partial charge in [-0.1, -0.05) is 82.0 Å². The van der Waals surface area contributed by atoms with Gasteiger partial charge in [0.2, 0.25) is 5.91 Å². The van der Waals surface area contributed by atoms with Crippen molar-refractivity contribution >= 4 is 56.7 Å². The second-order valence-electron chi connectivity index (χ2n) is 8.83. The minimum atomic E-state index is -0.685. The van der Waals surface area contributed by atoms with Gasteiger partial charge >= 0.3 is 5.97 Å². The lowest BCUT2D eigenvalue weighted by molar-refractivity contribution is -0.119. The van der Waals surface area contributed by atoms with E-state index in [-0.39, 0.29) is 11.5 Å². The Morgan fingerprint density at radius 2 is 1.44 bits per heavy atom. The summed E-state index contributed by atoms with van der Waals surface area (Å²) in [6.45, 7) is 3.53. The highest BCUT2D eigenvalue weighted by Gasteiger charge is 2.17. The predicted octanol–water partition coefficient (Wildman–Crippen LogP) is 8.07. The average molecular weight is 580 g/mol. The van der Waals surface area contributed by atoms with Crippen LogP contribution in [0.3, 0.4) is 0 Å². The molecule has 2 aromatic carbocycles. The Labute approximate surface area is 227 Å². The molecule has 0 saturated carbocycles. The van der Waals surface area contributed by atoms with E-state index in [1.54, 1.807) is 43.3 Å². The van der Waals surface area contributed by atoms with Crippen LogP contribution in [0.4, 0.5) is 11.4 Å². The van der Waals surface area contributed by atoms with Gasteiger partial charge in [0.1, 0.15) is 0 Å². The number of hydrogen-bond acceptors (Lipinski definition) is 4. The van der Waals surface area contributed by atoms with Crippen molar-refractivity contribution in [3.63, 3.8) is 0 Å². The molecule has 2 amide bonds. The fraction of sp³-hybridized carbons (Fsp3) is 0.464. The number of rotatable bonds is 15. The highest BCUT2D eigenvalue weighted by molar-refractivity contribution is 9.10. The lowest BCUT2D eigenvalue weighted by Crippen LogP contribution is -2.22. The van der Waals surface area contributed by atoms with Crippen molar-refractivity contribution in [2.24, 2.45) is 0 Å². The van der Waals surface area contributed by atoms with Gasteiger partial charge in [0.05, 0.1) is 16.3 Å². The molecule has 0 aliphatic heterocycles. The summed E-state index contributed by atoms with van der Waals surface area (Å²) in [6, 6.07) is 10.1. The number of esters is 1. The first-order chi connectivity index (χ1) is 17.3. The highest BCUT2D eigenvalue weighted by atomic mass is 79.9. The number of benzene rings is 2. The largest absolute Gasteiger partial charge is 0.452 e.